The number of para-hydroxylation sites is 1. The highest BCUT2D eigenvalue weighted by molar-refractivity contribution is 7.98. The van der Waals surface area contributed by atoms with Crippen LogP contribution in [0.4, 0.5) is 5.13 Å². The average molecular weight is 399 g/mol. The summed E-state index contributed by atoms with van der Waals surface area (Å²) in [6.45, 7) is 5.84. The molecule has 0 radical (unpaired) electrons. The van der Waals surface area contributed by atoms with Crippen LogP contribution in [0, 0.1) is 20.8 Å². The number of fused-ring (bicyclic) bond motifs is 2. The number of hydrogen-bond donors (Lipinski definition) is 1. The standard InChI is InChI=1S/C18H18N6OS2/c1-9-6-5-7-13-15(9)21-17(27-13)20-14(25)8-12-10(2)19-16-22-18(26-4)23-24(16)11(12)3/h5-7H,8H2,1-4H3,(H,20,21,25). The molecule has 138 valence electrons. The maximum Gasteiger partial charge on any atom is 0.253 e. The van der Waals surface area contributed by atoms with Crippen LogP contribution in [0.2, 0.25) is 0 Å². The fourth-order valence-corrected chi connectivity index (χ4v) is 4.29. The highest BCUT2D eigenvalue weighted by Crippen LogP contribution is 2.28. The van der Waals surface area contributed by atoms with E-state index < -0.39 is 0 Å². The Morgan fingerprint density at radius 1 is 1.22 bits per heavy atom. The van der Waals surface area contributed by atoms with Crippen molar-refractivity contribution >= 4 is 50.1 Å². The van der Waals surface area contributed by atoms with Crippen molar-refractivity contribution in [3.63, 3.8) is 0 Å². The number of carbonyl (C=O) groups excluding carboxylic acids is 1. The lowest BCUT2D eigenvalue weighted by molar-refractivity contribution is -0.115. The van der Waals surface area contributed by atoms with Crippen molar-refractivity contribution in [2.75, 3.05) is 11.6 Å². The Hall–Kier alpha value is -2.52. The first kappa shape index (κ1) is 17.9. The smallest absolute Gasteiger partial charge is 0.253 e. The Bertz CT molecular complexity index is 1180. The predicted octanol–water partition coefficient (Wildman–Crippen LogP) is 3.56. The molecule has 0 aliphatic carbocycles. The molecule has 0 bridgehead atoms. The fraction of sp³-hybridized carbons (Fsp3) is 0.278. The molecule has 0 aliphatic heterocycles. The summed E-state index contributed by atoms with van der Waals surface area (Å²) in [6, 6.07) is 6.02. The van der Waals surface area contributed by atoms with Crippen molar-refractivity contribution in [2.24, 2.45) is 0 Å². The topological polar surface area (TPSA) is 85.1 Å². The summed E-state index contributed by atoms with van der Waals surface area (Å²) in [5, 5.41) is 8.62. The lowest BCUT2D eigenvalue weighted by Gasteiger charge is -2.09. The van der Waals surface area contributed by atoms with Crippen molar-refractivity contribution in [3.8, 4) is 0 Å². The average Bonchev–Trinajstić information content (AvgIpc) is 3.23. The second-order valence-electron chi connectivity index (χ2n) is 6.24. The molecule has 0 saturated heterocycles. The molecule has 0 aliphatic rings. The largest absolute Gasteiger partial charge is 0.302 e. The summed E-state index contributed by atoms with van der Waals surface area (Å²) in [5.74, 6) is 0.435. The third kappa shape index (κ3) is 3.28. The number of carbonyl (C=O) groups is 1. The van der Waals surface area contributed by atoms with Gasteiger partial charge in [-0.1, -0.05) is 35.2 Å². The molecular weight excluding hydrogens is 380 g/mol. The summed E-state index contributed by atoms with van der Waals surface area (Å²) in [6.07, 6.45) is 2.13. The Balaban J connectivity index is 1.61. The number of aromatic nitrogens is 5. The van der Waals surface area contributed by atoms with Crippen molar-refractivity contribution in [3.05, 3.63) is 40.7 Å². The predicted molar refractivity (Wildman–Crippen MR) is 109 cm³/mol. The molecule has 27 heavy (non-hydrogen) atoms. The zero-order valence-corrected chi connectivity index (χ0v) is 17.0. The molecule has 4 aromatic rings. The molecule has 7 nitrogen and oxygen atoms in total. The van der Waals surface area contributed by atoms with Gasteiger partial charge in [-0.3, -0.25) is 4.79 Å². The normalized spacial score (nSPS) is 11.4. The van der Waals surface area contributed by atoms with Gasteiger partial charge in [-0.05, 0) is 38.7 Å². The molecule has 0 saturated carbocycles. The number of aryl methyl sites for hydroxylation is 3. The lowest BCUT2D eigenvalue weighted by atomic mass is 10.1. The van der Waals surface area contributed by atoms with Gasteiger partial charge in [0.1, 0.15) is 0 Å². The molecule has 3 heterocycles. The molecule has 0 atom stereocenters. The third-order valence-corrected chi connectivity index (χ3v) is 5.89. The number of benzene rings is 1. The van der Waals surface area contributed by atoms with E-state index in [1.807, 2.05) is 45.2 Å². The van der Waals surface area contributed by atoms with Gasteiger partial charge in [-0.25, -0.2) is 14.5 Å². The molecule has 1 aromatic carbocycles. The highest BCUT2D eigenvalue weighted by atomic mass is 32.2. The Morgan fingerprint density at radius 2 is 2.04 bits per heavy atom. The molecule has 1 amide bonds. The van der Waals surface area contributed by atoms with Crippen LogP contribution in [0.25, 0.3) is 16.0 Å². The van der Waals surface area contributed by atoms with Gasteiger partial charge in [0.25, 0.3) is 5.78 Å². The van der Waals surface area contributed by atoms with Gasteiger partial charge < -0.3 is 5.32 Å². The number of amides is 1. The number of hydrogen-bond acceptors (Lipinski definition) is 7. The number of rotatable bonds is 4. The van der Waals surface area contributed by atoms with Crippen LogP contribution in [-0.2, 0) is 11.2 Å². The molecule has 9 heteroatoms. The van der Waals surface area contributed by atoms with E-state index in [0.717, 1.165) is 32.7 Å². The van der Waals surface area contributed by atoms with E-state index >= 15 is 0 Å². The van der Waals surface area contributed by atoms with Crippen LogP contribution in [0.1, 0.15) is 22.5 Å². The Kier molecular flexibility index (Phi) is 4.56. The number of anilines is 1. The first-order chi connectivity index (χ1) is 13.0. The Labute approximate surface area is 164 Å². The van der Waals surface area contributed by atoms with Crippen molar-refractivity contribution in [1.82, 2.24) is 24.6 Å². The van der Waals surface area contributed by atoms with Gasteiger partial charge >= 0.3 is 0 Å². The molecule has 4 rings (SSSR count). The summed E-state index contributed by atoms with van der Waals surface area (Å²) in [5.41, 5.74) is 4.55. The maximum absolute atomic E-state index is 12.6. The van der Waals surface area contributed by atoms with E-state index in [1.165, 1.54) is 23.1 Å². The minimum atomic E-state index is -0.121. The van der Waals surface area contributed by atoms with E-state index in [0.29, 0.717) is 16.1 Å². The lowest BCUT2D eigenvalue weighted by Crippen LogP contribution is -2.17. The summed E-state index contributed by atoms with van der Waals surface area (Å²) < 4.78 is 2.76. The molecule has 0 fully saturated rings. The molecule has 1 N–H and O–H groups in total. The van der Waals surface area contributed by atoms with Crippen molar-refractivity contribution < 1.29 is 4.79 Å². The number of thiazole rings is 1. The fourth-order valence-electron chi connectivity index (χ4n) is 3.00. The van der Waals surface area contributed by atoms with Crippen molar-refractivity contribution in [2.45, 2.75) is 32.3 Å². The van der Waals surface area contributed by atoms with Gasteiger partial charge in [0, 0.05) is 17.0 Å². The van der Waals surface area contributed by atoms with Crippen LogP contribution < -0.4 is 5.32 Å². The van der Waals surface area contributed by atoms with E-state index in [9.17, 15) is 4.79 Å². The third-order valence-electron chi connectivity index (χ3n) is 4.42. The summed E-state index contributed by atoms with van der Waals surface area (Å²) >= 11 is 2.94. The summed E-state index contributed by atoms with van der Waals surface area (Å²) in [4.78, 5) is 26.0. The molecule has 0 spiro atoms. The first-order valence-corrected chi connectivity index (χ1v) is 10.4. The minimum Gasteiger partial charge on any atom is -0.302 e. The Morgan fingerprint density at radius 3 is 2.78 bits per heavy atom. The second kappa shape index (κ2) is 6.90. The summed E-state index contributed by atoms with van der Waals surface area (Å²) in [7, 11) is 0. The monoisotopic (exact) mass is 398 g/mol. The van der Waals surface area contributed by atoms with Gasteiger partial charge in [0.05, 0.1) is 16.6 Å². The van der Waals surface area contributed by atoms with Crippen LogP contribution >= 0.6 is 23.1 Å². The van der Waals surface area contributed by atoms with Gasteiger partial charge in [-0.15, -0.1) is 5.10 Å². The molecule has 3 aromatic heterocycles. The van der Waals surface area contributed by atoms with Crippen LogP contribution in [0.3, 0.4) is 0 Å². The maximum atomic E-state index is 12.6. The van der Waals surface area contributed by atoms with Crippen LogP contribution in [0.5, 0.6) is 0 Å². The van der Waals surface area contributed by atoms with Crippen LogP contribution in [-0.4, -0.2) is 36.7 Å². The molecular formula is C18H18N6OS2. The van der Waals surface area contributed by atoms with E-state index in [-0.39, 0.29) is 12.3 Å². The quantitative estimate of drug-likeness (QED) is 0.529. The van der Waals surface area contributed by atoms with Crippen LogP contribution in [0.15, 0.2) is 23.4 Å². The molecule has 0 unspecified atom stereocenters. The SMILES string of the molecule is CSc1nc2nc(C)c(CC(=O)Nc3nc4c(C)cccc4s3)c(C)n2n1. The zero-order chi connectivity index (χ0) is 19.1. The van der Waals surface area contributed by atoms with E-state index in [2.05, 4.69) is 25.4 Å². The van der Waals surface area contributed by atoms with Gasteiger partial charge in [0.2, 0.25) is 11.1 Å². The number of nitrogens with zero attached hydrogens (tertiary/aromatic N) is 5. The van der Waals surface area contributed by atoms with E-state index in [1.54, 1.807) is 4.52 Å². The minimum absolute atomic E-state index is 0.121. The van der Waals surface area contributed by atoms with Crippen molar-refractivity contribution in [1.29, 1.82) is 0 Å². The second-order valence-corrected chi connectivity index (χ2v) is 8.04. The first-order valence-electron chi connectivity index (χ1n) is 8.39. The zero-order valence-electron chi connectivity index (χ0n) is 15.4. The number of thioether (sulfide) groups is 1. The van der Waals surface area contributed by atoms with E-state index in [4.69, 9.17) is 0 Å². The number of nitrogens with one attached hydrogen (secondary N) is 1. The highest BCUT2D eigenvalue weighted by Gasteiger charge is 2.17. The van der Waals surface area contributed by atoms with Gasteiger partial charge in [-0.2, -0.15) is 4.98 Å². The van der Waals surface area contributed by atoms with Gasteiger partial charge in [0.15, 0.2) is 5.13 Å².